The van der Waals surface area contributed by atoms with Gasteiger partial charge in [0.15, 0.2) is 0 Å². The maximum Gasteiger partial charge on any atom is 0.330 e. The van der Waals surface area contributed by atoms with E-state index in [4.69, 9.17) is 27.9 Å². The van der Waals surface area contributed by atoms with Crippen LogP contribution in [0.4, 0.5) is 4.79 Å². The van der Waals surface area contributed by atoms with Crippen molar-refractivity contribution in [1.82, 2.24) is 15.1 Å². The SMILES string of the molecule is CCOC(=O)/C=C/C(=O)N1CCN(C(=O)NC(C)C#Cc2ccc(Cl)c(Cl)c2)CC1. The molecular formula is C21H23Cl2N3O4. The molecule has 1 N–H and O–H groups in total. The van der Waals surface area contributed by atoms with E-state index in [0.29, 0.717) is 41.8 Å². The van der Waals surface area contributed by atoms with Gasteiger partial charge in [-0.15, -0.1) is 0 Å². The molecule has 160 valence electrons. The first-order valence-corrected chi connectivity index (χ1v) is 10.2. The second kappa shape index (κ2) is 11.5. The summed E-state index contributed by atoms with van der Waals surface area (Å²) in [6, 6.07) is 4.46. The van der Waals surface area contributed by atoms with E-state index in [2.05, 4.69) is 17.2 Å². The largest absolute Gasteiger partial charge is 0.463 e. The van der Waals surface area contributed by atoms with Gasteiger partial charge in [0.25, 0.3) is 0 Å². The molecule has 7 nitrogen and oxygen atoms in total. The van der Waals surface area contributed by atoms with E-state index in [1.807, 2.05) is 0 Å². The van der Waals surface area contributed by atoms with E-state index >= 15 is 0 Å². The summed E-state index contributed by atoms with van der Waals surface area (Å²) in [4.78, 5) is 39.0. The van der Waals surface area contributed by atoms with E-state index < -0.39 is 5.97 Å². The zero-order valence-corrected chi connectivity index (χ0v) is 18.3. The Hall–Kier alpha value is -2.69. The number of rotatable bonds is 4. The van der Waals surface area contributed by atoms with Crippen LogP contribution in [0, 0.1) is 11.8 Å². The maximum absolute atomic E-state index is 12.4. The van der Waals surface area contributed by atoms with Crippen LogP contribution in [0.2, 0.25) is 10.0 Å². The van der Waals surface area contributed by atoms with Crippen molar-refractivity contribution in [3.8, 4) is 11.8 Å². The number of benzene rings is 1. The molecule has 0 radical (unpaired) electrons. The Kier molecular flexibility index (Phi) is 9.03. The van der Waals surface area contributed by atoms with Crippen LogP contribution < -0.4 is 5.32 Å². The van der Waals surface area contributed by atoms with Gasteiger partial charge in [-0.2, -0.15) is 0 Å². The first-order valence-electron chi connectivity index (χ1n) is 9.46. The molecule has 9 heteroatoms. The van der Waals surface area contributed by atoms with Crippen molar-refractivity contribution < 1.29 is 19.1 Å². The van der Waals surface area contributed by atoms with Crippen LogP contribution in [0.15, 0.2) is 30.4 Å². The van der Waals surface area contributed by atoms with Crippen molar-refractivity contribution in [3.63, 3.8) is 0 Å². The topological polar surface area (TPSA) is 79.0 Å². The van der Waals surface area contributed by atoms with Crippen molar-refractivity contribution in [3.05, 3.63) is 46.0 Å². The Balaban J connectivity index is 1.81. The van der Waals surface area contributed by atoms with E-state index in [1.54, 1.807) is 41.8 Å². The average Bonchev–Trinajstić information content (AvgIpc) is 2.73. The number of nitrogens with one attached hydrogen (secondary N) is 1. The van der Waals surface area contributed by atoms with E-state index in [0.717, 1.165) is 6.08 Å². The van der Waals surface area contributed by atoms with Gasteiger partial charge in [-0.1, -0.05) is 35.0 Å². The molecule has 0 aliphatic carbocycles. The summed E-state index contributed by atoms with van der Waals surface area (Å²) in [6.07, 6.45) is 2.30. The number of hydrogen-bond donors (Lipinski definition) is 1. The quantitative estimate of drug-likeness (QED) is 0.433. The van der Waals surface area contributed by atoms with Crippen molar-refractivity contribution in [2.24, 2.45) is 0 Å². The van der Waals surface area contributed by atoms with Gasteiger partial charge in [-0.25, -0.2) is 9.59 Å². The monoisotopic (exact) mass is 451 g/mol. The summed E-state index contributed by atoms with van der Waals surface area (Å²) >= 11 is 11.8. The van der Waals surface area contributed by atoms with E-state index in [1.165, 1.54) is 6.08 Å². The third-order valence-corrected chi connectivity index (χ3v) is 4.96. The van der Waals surface area contributed by atoms with Crippen LogP contribution in [0.5, 0.6) is 0 Å². The maximum atomic E-state index is 12.4. The Morgan fingerprint density at radius 3 is 2.43 bits per heavy atom. The lowest BCUT2D eigenvalue weighted by Crippen LogP contribution is -2.54. The molecule has 30 heavy (non-hydrogen) atoms. The molecule has 3 amide bonds. The molecule has 0 aromatic heterocycles. The highest BCUT2D eigenvalue weighted by Gasteiger charge is 2.23. The number of carbonyl (C=O) groups is 3. The number of amides is 3. The molecule has 0 spiro atoms. The van der Waals surface area contributed by atoms with Crippen LogP contribution in [-0.4, -0.2) is 66.5 Å². The second-order valence-electron chi connectivity index (χ2n) is 6.47. The Bertz CT molecular complexity index is 884. The van der Waals surface area contributed by atoms with Gasteiger partial charge in [0.05, 0.1) is 22.7 Å². The zero-order valence-electron chi connectivity index (χ0n) is 16.8. The summed E-state index contributed by atoms with van der Waals surface area (Å²) in [5.74, 6) is 5.06. The van der Waals surface area contributed by atoms with Crippen LogP contribution in [-0.2, 0) is 14.3 Å². The molecule has 0 bridgehead atoms. The molecular weight excluding hydrogens is 429 g/mol. The molecule has 1 aliphatic heterocycles. The first kappa shape index (κ1) is 23.6. The lowest BCUT2D eigenvalue weighted by Gasteiger charge is -2.34. The van der Waals surface area contributed by atoms with Gasteiger partial charge >= 0.3 is 12.0 Å². The Morgan fingerprint density at radius 1 is 1.13 bits per heavy atom. The minimum absolute atomic E-state index is 0.250. The highest BCUT2D eigenvalue weighted by Crippen LogP contribution is 2.22. The number of esters is 1. The molecule has 1 aliphatic rings. The summed E-state index contributed by atoms with van der Waals surface area (Å²) in [5, 5.41) is 3.70. The van der Waals surface area contributed by atoms with E-state index in [9.17, 15) is 14.4 Å². The third-order valence-electron chi connectivity index (χ3n) is 4.22. The number of piperazine rings is 1. The molecule has 1 saturated heterocycles. The molecule has 1 fully saturated rings. The van der Waals surface area contributed by atoms with Crippen LogP contribution in [0.1, 0.15) is 19.4 Å². The predicted octanol–water partition coefficient (Wildman–Crippen LogP) is 2.71. The molecule has 1 aromatic rings. The number of carbonyl (C=O) groups excluding carboxylic acids is 3. The number of ether oxygens (including phenoxy) is 1. The van der Waals surface area contributed by atoms with E-state index in [-0.39, 0.29) is 24.6 Å². The van der Waals surface area contributed by atoms with Crippen molar-refractivity contribution in [2.45, 2.75) is 19.9 Å². The molecule has 0 saturated carbocycles. The van der Waals surface area contributed by atoms with Gasteiger partial charge in [-0.05, 0) is 32.0 Å². The highest BCUT2D eigenvalue weighted by molar-refractivity contribution is 6.42. The molecule has 1 aromatic carbocycles. The zero-order chi connectivity index (χ0) is 22.1. The van der Waals surface area contributed by atoms with Gasteiger partial charge in [0, 0.05) is 43.9 Å². The fraction of sp³-hybridized carbons (Fsp3) is 0.381. The van der Waals surface area contributed by atoms with Gasteiger partial charge < -0.3 is 19.9 Å². The predicted molar refractivity (Wildman–Crippen MR) is 115 cm³/mol. The number of hydrogen-bond acceptors (Lipinski definition) is 4. The standard InChI is InChI=1S/C21H23Cl2N3O4/c1-3-30-20(28)9-8-19(27)25-10-12-26(13-11-25)21(29)24-15(2)4-5-16-6-7-17(22)18(23)14-16/h6-9,14-15H,3,10-13H2,1-2H3,(H,24,29)/b9-8+. The second-order valence-corrected chi connectivity index (χ2v) is 7.28. The minimum Gasteiger partial charge on any atom is -0.463 e. The lowest BCUT2D eigenvalue weighted by molar-refractivity contribution is -0.137. The number of nitrogens with zero attached hydrogens (tertiary/aromatic N) is 2. The van der Waals surface area contributed by atoms with Gasteiger partial charge in [-0.3, -0.25) is 4.79 Å². The Labute approximate surface area is 185 Å². The van der Waals surface area contributed by atoms with Crippen molar-refractivity contribution >= 4 is 41.1 Å². The molecule has 1 atom stereocenters. The van der Waals surface area contributed by atoms with Crippen molar-refractivity contribution in [1.29, 1.82) is 0 Å². The normalized spacial score (nSPS) is 14.7. The van der Waals surface area contributed by atoms with Gasteiger partial charge in [0.2, 0.25) is 5.91 Å². The molecule has 2 rings (SSSR count). The fourth-order valence-corrected chi connectivity index (χ4v) is 2.94. The summed E-state index contributed by atoms with van der Waals surface area (Å²) in [5.41, 5.74) is 0.702. The van der Waals surface area contributed by atoms with Crippen molar-refractivity contribution in [2.75, 3.05) is 32.8 Å². The van der Waals surface area contributed by atoms with Crippen LogP contribution in [0.25, 0.3) is 0 Å². The highest BCUT2D eigenvalue weighted by atomic mass is 35.5. The first-order chi connectivity index (χ1) is 14.3. The molecule has 1 unspecified atom stereocenters. The summed E-state index contributed by atoms with van der Waals surface area (Å²) in [7, 11) is 0. The van der Waals surface area contributed by atoms with Crippen LogP contribution in [0.3, 0.4) is 0 Å². The number of urea groups is 1. The Morgan fingerprint density at radius 2 is 1.80 bits per heavy atom. The minimum atomic E-state index is -0.556. The molecule has 1 heterocycles. The third kappa shape index (κ3) is 7.29. The summed E-state index contributed by atoms with van der Waals surface area (Å²) < 4.78 is 4.74. The number of halogens is 2. The van der Waals surface area contributed by atoms with Crippen LogP contribution >= 0.6 is 23.2 Å². The smallest absolute Gasteiger partial charge is 0.330 e. The summed E-state index contributed by atoms with van der Waals surface area (Å²) in [6.45, 7) is 5.25. The van der Waals surface area contributed by atoms with Gasteiger partial charge in [0.1, 0.15) is 0 Å². The lowest BCUT2D eigenvalue weighted by atomic mass is 10.2. The average molecular weight is 452 g/mol. The fourth-order valence-electron chi connectivity index (χ4n) is 2.64.